The summed E-state index contributed by atoms with van der Waals surface area (Å²) in [6, 6.07) is 29.0. The fourth-order valence-corrected chi connectivity index (χ4v) is 4.14. The molecular formula is C34H22N4O4W. The van der Waals surface area contributed by atoms with Gasteiger partial charge in [-0.15, -0.1) is 24.2 Å². The number of benzene rings is 4. The van der Waals surface area contributed by atoms with Crippen molar-refractivity contribution in [2.75, 3.05) is 13.2 Å². The Bertz CT molecular complexity index is 1680. The minimum Gasteiger partial charge on any atom is -0.621 e. The minimum atomic E-state index is -0.344. The minimum absolute atomic E-state index is 0. The molecule has 0 bridgehead atoms. The third kappa shape index (κ3) is 7.08. The molecule has 2 aliphatic rings. The molecule has 9 heteroatoms. The molecule has 0 radical (unpaired) electrons. The number of rotatable bonds is 6. The molecule has 0 aliphatic carbocycles. The van der Waals surface area contributed by atoms with Crippen LogP contribution in [0.5, 0.6) is 11.5 Å². The molecule has 8 nitrogen and oxygen atoms in total. The van der Waals surface area contributed by atoms with Crippen molar-refractivity contribution in [2.24, 2.45) is 9.98 Å². The fraction of sp³-hybridized carbons (Fsp3) is 0.0588. The van der Waals surface area contributed by atoms with Gasteiger partial charge in [0.2, 0.25) is 0 Å². The molecule has 0 fully saturated rings. The topological polar surface area (TPSA) is 106 Å². The van der Waals surface area contributed by atoms with E-state index in [1.807, 2.05) is 60.7 Å². The number of carbonyl (C=O) groups is 2. The Morgan fingerprint density at radius 1 is 0.581 bits per heavy atom. The summed E-state index contributed by atoms with van der Waals surface area (Å²) in [5.41, 5.74) is 4.51. The van der Waals surface area contributed by atoms with Crippen molar-refractivity contribution in [1.82, 2.24) is 0 Å². The van der Waals surface area contributed by atoms with E-state index in [1.165, 1.54) is 0 Å². The van der Waals surface area contributed by atoms with Gasteiger partial charge in [0, 0.05) is 0 Å². The van der Waals surface area contributed by atoms with Gasteiger partial charge in [-0.25, -0.2) is 9.98 Å². The van der Waals surface area contributed by atoms with E-state index in [2.05, 4.69) is 32.5 Å². The molecule has 0 saturated heterocycles. The largest absolute Gasteiger partial charge is 2.00 e. The maximum atomic E-state index is 12.0. The third-order valence-corrected chi connectivity index (χ3v) is 5.98. The van der Waals surface area contributed by atoms with E-state index in [4.69, 9.17) is 22.3 Å². The van der Waals surface area contributed by atoms with Gasteiger partial charge < -0.3 is 29.7 Å². The van der Waals surface area contributed by atoms with Crippen molar-refractivity contribution in [2.45, 2.75) is 0 Å². The average Bonchev–Trinajstić information content (AvgIpc) is 3.51. The second kappa shape index (κ2) is 14.5. The van der Waals surface area contributed by atoms with Gasteiger partial charge >= 0.3 is 21.1 Å². The molecular weight excluding hydrogens is 712 g/mol. The van der Waals surface area contributed by atoms with Crippen molar-refractivity contribution in [3.63, 3.8) is 0 Å². The maximum Gasteiger partial charge on any atom is 2.00 e. The number of hydrogen-bond donors (Lipinski definition) is 0. The predicted octanol–water partition coefficient (Wildman–Crippen LogP) is 6.73. The van der Waals surface area contributed by atoms with Crippen LogP contribution in [0.2, 0.25) is 0 Å². The first-order chi connectivity index (χ1) is 20.6. The second-order valence-corrected chi connectivity index (χ2v) is 8.71. The van der Waals surface area contributed by atoms with E-state index in [0.717, 1.165) is 11.1 Å². The van der Waals surface area contributed by atoms with Crippen molar-refractivity contribution in [1.29, 1.82) is 0 Å². The number of nitrogens with zero attached hydrogens (tertiary/aromatic N) is 4. The zero-order valence-corrected chi connectivity index (χ0v) is 25.6. The van der Waals surface area contributed by atoms with Crippen molar-refractivity contribution in [3.05, 3.63) is 119 Å². The molecule has 0 atom stereocenters. The number of hydrogen-bond acceptors (Lipinski definition) is 6. The Hall–Kier alpha value is -5.43. The number of ether oxygens (including phenoxy) is 2. The Kier molecular flexibility index (Phi) is 10.3. The molecule has 208 valence electrons. The zero-order valence-electron chi connectivity index (χ0n) is 22.6. The first-order valence-corrected chi connectivity index (χ1v) is 12.8. The quantitative estimate of drug-likeness (QED) is 0.205. The summed E-state index contributed by atoms with van der Waals surface area (Å²) >= 11 is 0. The van der Waals surface area contributed by atoms with Crippen LogP contribution < -0.4 is 9.47 Å². The van der Waals surface area contributed by atoms with E-state index in [0.29, 0.717) is 45.7 Å². The number of aliphatic imine (C=N–C) groups is 2. The molecule has 2 aliphatic heterocycles. The summed E-state index contributed by atoms with van der Waals surface area (Å²) in [4.78, 5) is 32.8. The molecule has 2 heterocycles. The van der Waals surface area contributed by atoms with E-state index < -0.39 is 0 Å². The van der Waals surface area contributed by atoms with Crippen LogP contribution >= 0.6 is 0 Å². The van der Waals surface area contributed by atoms with E-state index >= 15 is 0 Å². The smallest absolute Gasteiger partial charge is 0.621 e. The summed E-state index contributed by atoms with van der Waals surface area (Å²) in [6.07, 6.45) is 10.4. The van der Waals surface area contributed by atoms with Gasteiger partial charge in [-0.3, -0.25) is 0 Å². The Morgan fingerprint density at radius 2 is 0.953 bits per heavy atom. The maximum absolute atomic E-state index is 12.0. The van der Waals surface area contributed by atoms with Gasteiger partial charge in [0.1, 0.15) is 47.9 Å². The SMILES string of the molecule is C#CCOc1ccccc1N=C1C(=O)[N-]c2ccccc21.C#CCOc1ccccc1N=C1C(=O)[N-]c2ccccc21.[W+2]. The van der Waals surface area contributed by atoms with Crippen LogP contribution in [0.1, 0.15) is 11.1 Å². The summed E-state index contributed by atoms with van der Waals surface area (Å²) in [7, 11) is 0. The van der Waals surface area contributed by atoms with E-state index in [9.17, 15) is 9.59 Å². The van der Waals surface area contributed by atoms with E-state index in [1.54, 1.807) is 36.4 Å². The Balaban J connectivity index is 0.000000192. The van der Waals surface area contributed by atoms with Gasteiger partial charge in [0.05, 0.1) is 11.4 Å². The monoisotopic (exact) mass is 734 g/mol. The number of fused-ring (bicyclic) bond motifs is 2. The number of terminal acetylenes is 2. The van der Waals surface area contributed by atoms with Crippen LogP contribution in [0.15, 0.2) is 107 Å². The van der Waals surface area contributed by atoms with Crippen LogP contribution in [0, 0.1) is 24.7 Å². The third-order valence-electron chi connectivity index (χ3n) is 5.98. The van der Waals surface area contributed by atoms with Crippen LogP contribution in [-0.4, -0.2) is 36.5 Å². The van der Waals surface area contributed by atoms with Crippen LogP contribution in [0.4, 0.5) is 22.7 Å². The summed E-state index contributed by atoms with van der Waals surface area (Å²) in [6.45, 7) is 0.299. The van der Waals surface area contributed by atoms with Gasteiger partial charge in [-0.2, -0.15) is 0 Å². The van der Waals surface area contributed by atoms with Crippen LogP contribution in [-0.2, 0) is 30.7 Å². The molecule has 0 spiro atoms. The molecule has 0 saturated carbocycles. The number of amides is 2. The normalized spacial score (nSPS) is 14.1. The van der Waals surface area contributed by atoms with Crippen LogP contribution in [0.3, 0.4) is 0 Å². The van der Waals surface area contributed by atoms with Gasteiger partial charge in [-0.1, -0.05) is 84.6 Å². The molecule has 4 aromatic carbocycles. The van der Waals surface area contributed by atoms with Gasteiger partial charge in [0.15, 0.2) is 0 Å². The van der Waals surface area contributed by atoms with Crippen molar-refractivity contribution in [3.8, 4) is 36.2 Å². The molecule has 0 N–H and O–H groups in total. The number of para-hydroxylation sites is 6. The molecule has 0 unspecified atom stereocenters. The summed E-state index contributed by atoms with van der Waals surface area (Å²) < 4.78 is 10.9. The van der Waals surface area contributed by atoms with E-state index in [-0.39, 0.29) is 46.1 Å². The Morgan fingerprint density at radius 3 is 1.37 bits per heavy atom. The Labute approximate surface area is 263 Å². The molecule has 43 heavy (non-hydrogen) atoms. The standard InChI is InChI=1S/2C17H12N2O2.W/c2*1-2-11-21-15-10-6-5-9-14(15)18-16-12-7-3-4-8-13(12)19-17(16)20;/h2*1,3-10H,11H2,(H,18,19,20);/q;;+2/p-2. The van der Waals surface area contributed by atoms with Gasteiger partial charge in [-0.05, 0) is 35.4 Å². The van der Waals surface area contributed by atoms with Crippen molar-refractivity contribution >= 4 is 46.0 Å². The fourth-order valence-electron chi connectivity index (χ4n) is 4.14. The first kappa shape index (κ1) is 30.5. The molecule has 4 aromatic rings. The predicted molar refractivity (Wildman–Crippen MR) is 163 cm³/mol. The first-order valence-electron chi connectivity index (χ1n) is 12.8. The molecule has 2 amide bonds. The molecule has 6 rings (SSSR count). The van der Waals surface area contributed by atoms with Crippen molar-refractivity contribution < 1.29 is 40.1 Å². The van der Waals surface area contributed by atoms with Crippen LogP contribution in [0.25, 0.3) is 10.6 Å². The summed E-state index contributed by atoms with van der Waals surface area (Å²) in [5, 5.41) is 7.96. The summed E-state index contributed by atoms with van der Waals surface area (Å²) in [5.74, 6) is 5.21. The average molecular weight is 734 g/mol. The number of carbonyl (C=O) groups excluding carboxylic acids is 2. The van der Waals surface area contributed by atoms with Gasteiger partial charge in [0.25, 0.3) is 0 Å². The zero-order chi connectivity index (χ0) is 29.3. The second-order valence-electron chi connectivity index (χ2n) is 8.71. The molecule has 0 aromatic heterocycles.